The highest BCUT2D eigenvalue weighted by Gasteiger charge is 2.28. The molecule has 12 heteroatoms. The molecule has 12 nitrogen and oxygen atoms in total. The first-order valence-electron chi connectivity index (χ1n) is 19.3. The van der Waals surface area contributed by atoms with Gasteiger partial charge in [-0.2, -0.15) is 0 Å². The molecule has 0 heterocycles. The van der Waals surface area contributed by atoms with Crippen LogP contribution in [0.2, 0.25) is 0 Å². The summed E-state index contributed by atoms with van der Waals surface area (Å²) in [6, 6.07) is 40.8. The SMILES string of the molecule is CN[C@H](CCc1ccccc1)C(=O)NCC(=O)N[C@H](Cc1ccccc1)C(=O)N[C@@H](Cc1ccc(C(=O)NCC=O)cc1)C(=O)O.Cc1ccc(-c2ccccc2)cc1. The molecule has 0 bridgehead atoms. The number of carboxylic acids is 1. The van der Waals surface area contributed by atoms with Gasteiger partial charge in [0.05, 0.1) is 19.1 Å². The molecule has 5 aromatic rings. The Morgan fingerprint density at radius 3 is 1.71 bits per heavy atom. The molecule has 0 aliphatic rings. The van der Waals surface area contributed by atoms with Crippen molar-refractivity contribution in [1.29, 1.82) is 0 Å². The molecule has 6 N–H and O–H groups in total. The van der Waals surface area contributed by atoms with Crippen molar-refractivity contribution >= 4 is 35.9 Å². The molecule has 5 rings (SSSR count). The maximum absolute atomic E-state index is 13.4. The van der Waals surface area contributed by atoms with Crippen LogP contribution in [0.25, 0.3) is 11.1 Å². The molecule has 5 aromatic carbocycles. The van der Waals surface area contributed by atoms with E-state index in [0.29, 0.717) is 24.7 Å². The van der Waals surface area contributed by atoms with Crippen molar-refractivity contribution in [3.05, 3.63) is 167 Å². The summed E-state index contributed by atoms with van der Waals surface area (Å²) < 4.78 is 0. The number of hydrogen-bond acceptors (Lipinski definition) is 7. The lowest BCUT2D eigenvalue weighted by Crippen LogP contribution is -2.55. The minimum atomic E-state index is -1.34. The Labute approximate surface area is 344 Å². The largest absolute Gasteiger partial charge is 0.480 e. The van der Waals surface area contributed by atoms with Crippen LogP contribution < -0.4 is 26.6 Å². The van der Waals surface area contributed by atoms with Crippen LogP contribution in [0.5, 0.6) is 0 Å². The van der Waals surface area contributed by atoms with Gasteiger partial charge in [-0.05, 0) is 66.8 Å². The summed E-state index contributed by atoms with van der Waals surface area (Å²) in [6.07, 6.45) is 1.73. The van der Waals surface area contributed by atoms with Crippen LogP contribution in [0.15, 0.2) is 140 Å². The first kappa shape index (κ1) is 44.8. The lowest BCUT2D eigenvalue weighted by Gasteiger charge is -2.22. The number of aldehydes is 1. The van der Waals surface area contributed by atoms with Crippen molar-refractivity contribution in [1.82, 2.24) is 26.6 Å². The summed E-state index contributed by atoms with van der Waals surface area (Å²) in [4.78, 5) is 73.7. The van der Waals surface area contributed by atoms with Gasteiger partial charge >= 0.3 is 5.97 Å². The number of amides is 4. The lowest BCUT2D eigenvalue weighted by molar-refractivity contribution is -0.142. The van der Waals surface area contributed by atoms with E-state index in [2.05, 4.69) is 82.0 Å². The standard InChI is InChI=1S/C34H39N5O7.C13H12/c1-35-27(17-14-23-8-4-2-5-9-23)32(43)37-22-30(41)38-28(20-24-10-6-3-7-11-24)33(44)39-29(34(45)46)21-25-12-15-26(16-13-25)31(42)36-18-19-40;1-11-7-9-13(10-8-11)12-5-3-2-4-6-12/h2-13,15-16,19,27-29,35H,14,17-18,20-22H2,1H3,(H,36,42)(H,37,43)(H,38,41)(H,39,44)(H,45,46);2-10H,1H3/t27-,28-,29+;/m1./s1. The molecule has 0 aliphatic heterocycles. The van der Waals surface area contributed by atoms with E-state index in [1.807, 2.05) is 36.4 Å². The van der Waals surface area contributed by atoms with E-state index < -0.39 is 41.8 Å². The zero-order chi connectivity index (χ0) is 42.4. The molecule has 306 valence electrons. The molecule has 0 spiro atoms. The fourth-order valence-electron chi connectivity index (χ4n) is 6.07. The zero-order valence-electron chi connectivity index (χ0n) is 33.2. The van der Waals surface area contributed by atoms with Crippen molar-refractivity contribution < 1.29 is 33.9 Å². The number of carbonyl (C=O) groups is 6. The Hall–Kier alpha value is -6.92. The van der Waals surface area contributed by atoms with Crippen molar-refractivity contribution in [2.24, 2.45) is 0 Å². The first-order chi connectivity index (χ1) is 28.6. The molecule has 4 amide bonds. The van der Waals surface area contributed by atoms with Gasteiger partial charge in [0, 0.05) is 18.4 Å². The molecule has 0 aromatic heterocycles. The Balaban J connectivity index is 0.000000496. The Morgan fingerprint density at radius 2 is 1.14 bits per heavy atom. The van der Waals surface area contributed by atoms with Crippen LogP contribution in [-0.2, 0) is 43.2 Å². The maximum Gasteiger partial charge on any atom is 0.326 e. The van der Waals surface area contributed by atoms with Crippen LogP contribution in [0.3, 0.4) is 0 Å². The zero-order valence-corrected chi connectivity index (χ0v) is 33.2. The summed E-state index contributed by atoms with van der Waals surface area (Å²) in [5.41, 5.74) is 6.51. The van der Waals surface area contributed by atoms with Gasteiger partial charge in [0.15, 0.2) is 0 Å². The smallest absolute Gasteiger partial charge is 0.326 e. The predicted molar refractivity (Wildman–Crippen MR) is 227 cm³/mol. The van der Waals surface area contributed by atoms with Gasteiger partial charge in [0.1, 0.15) is 18.4 Å². The molecular formula is C47H51N5O7. The number of benzene rings is 5. The Bertz CT molecular complexity index is 2100. The van der Waals surface area contributed by atoms with E-state index in [0.717, 1.165) is 11.1 Å². The molecule has 59 heavy (non-hydrogen) atoms. The number of rotatable bonds is 19. The van der Waals surface area contributed by atoms with Crippen molar-refractivity contribution in [3.63, 3.8) is 0 Å². The van der Waals surface area contributed by atoms with E-state index in [1.165, 1.54) is 28.8 Å². The molecule has 0 fully saturated rings. The Kier molecular flexibility index (Phi) is 18.2. The summed E-state index contributed by atoms with van der Waals surface area (Å²) in [5, 5.41) is 23.0. The van der Waals surface area contributed by atoms with Crippen molar-refractivity contribution in [2.45, 2.75) is 50.7 Å². The predicted octanol–water partition coefficient (Wildman–Crippen LogP) is 4.45. The van der Waals surface area contributed by atoms with Crippen LogP contribution in [0.1, 0.15) is 39.0 Å². The second-order valence-electron chi connectivity index (χ2n) is 13.8. The highest BCUT2D eigenvalue weighted by Crippen LogP contribution is 2.18. The van der Waals surface area contributed by atoms with Gasteiger partial charge in [-0.1, -0.05) is 133 Å². The summed E-state index contributed by atoms with van der Waals surface area (Å²) in [6.45, 7) is 1.59. The molecule has 0 aliphatic carbocycles. The third kappa shape index (κ3) is 15.5. The highest BCUT2D eigenvalue weighted by molar-refractivity contribution is 5.95. The third-order valence-electron chi connectivity index (χ3n) is 9.36. The van der Waals surface area contributed by atoms with Gasteiger partial charge in [0.2, 0.25) is 17.7 Å². The maximum atomic E-state index is 13.4. The van der Waals surface area contributed by atoms with Gasteiger partial charge in [-0.3, -0.25) is 19.2 Å². The number of carboxylic acid groups (broad SMARTS) is 1. The summed E-state index contributed by atoms with van der Waals surface area (Å²) in [7, 11) is 1.66. The highest BCUT2D eigenvalue weighted by atomic mass is 16.4. The molecule has 0 saturated carbocycles. The second-order valence-corrected chi connectivity index (χ2v) is 13.8. The lowest BCUT2D eigenvalue weighted by atomic mass is 10.0. The van der Waals surface area contributed by atoms with Crippen LogP contribution in [-0.4, -0.2) is 79.3 Å². The summed E-state index contributed by atoms with van der Waals surface area (Å²) >= 11 is 0. The minimum absolute atomic E-state index is 0.0828. The number of aliphatic carboxylic acids is 1. The topological polar surface area (TPSA) is 183 Å². The molecular weight excluding hydrogens is 747 g/mol. The number of hydrogen-bond donors (Lipinski definition) is 6. The number of nitrogens with one attached hydrogen (secondary N) is 5. The molecule has 3 atom stereocenters. The van der Waals surface area contributed by atoms with Crippen LogP contribution in [0.4, 0.5) is 0 Å². The normalized spacial score (nSPS) is 12.0. The van der Waals surface area contributed by atoms with Gasteiger partial charge in [-0.25, -0.2) is 4.79 Å². The average molecular weight is 798 g/mol. The van der Waals surface area contributed by atoms with Gasteiger partial charge < -0.3 is 36.5 Å². The van der Waals surface area contributed by atoms with Crippen LogP contribution in [0, 0.1) is 6.92 Å². The second kappa shape index (κ2) is 24.0. The monoisotopic (exact) mass is 797 g/mol. The fourth-order valence-corrected chi connectivity index (χ4v) is 6.07. The van der Waals surface area contributed by atoms with E-state index in [1.54, 1.807) is 49.5 Å². The molecule has 0 radical (unpaired) electrons. The molecule has 0 unspecified atom stereocenters. The molecule has 0 saturated heterocycles. The number of carbonyl (C=O) groups excluding carboxylic acids is 5. The van der Waals surface area contributed by atoms with E-state index in [9.17, 15) is 33.9 Å². The first-order valence-corrected chi connectivity index (χ1v) is 19.3. The Morgan fingerprint density at radius 1 is 0.593 bits per heavy atom. The van der Waals surface area contributed by atoms with Crippen LogP contribution >= 0.6 is 0 Å². The fraction of sp³-hybridized carbons (Fsp3) is 0.234. The van der Waals surface area contributed by atoms with E-state index in [4.69, 9.17) is 0 Å². The van der Waals surface area contributed by atoms with E-state index in [-0.39, 0.29) is 37.4 Å². The summed E-state index contributed by atoms with van der Waals surface area (Å²) in [5.74, 6) is -3.43. The van der Waals surface area contributed by atoms with Crippen molar-refractivity contribution in [3.8, 4) is 11.1 Å². The number of likely N-dealkylation sites (N-methyl/N-ethyl adjacent to an activating group) is 1. The van der Waals surface area contributed by atoms with Gasteiger partial charge in [0.25, 0.3) is 5.91 Å². The van der Waals surface area contributed by atoms with Gasteiger partial charge in [-0.15, -0.1) is 0 Å². The average Bonchev–Trinajstić information content (AvgIpc) is 3.26. The minimum Gasteiger partial charge on any atom is -0.480 e. The quantitative estimate of drug-likeness (QED) is 0.0663. The third-order valence-corrected chi connectivity index (χ3v) is 9.36. The van der Waals surface area contributed by atoms with Crippen molar-refractivity contribution in [2.75, 3.05) is 20.1 Å². The number of aryl methyl sites for hydroxylation is 2. The van der Waals surface area contributed by atoms with E-state index >= 15 is 0 Å².